The molecule has 2 N–H and O–H groups in total. The van der Waals surface area contributed by atoms with Gasteiger partial charge in [0.05, 0.1) is 0 Å². The molecule has 0 saturated heterocycles. The summed E-state index contributed by atoms with van der Waals surface area (Å²) < 4.78 is 0. The summed E-state index contributed by atoms with van der Waals surface area (Å²) in [6.07, 6.45) is 0. The summed E-state index contributed by atoms with van der Waals surface area (Å²) >= 11 is 0. The lowest BCUT2D eigenvalue weighted by Gasteiger charge is -1.56. The lowest BCUT2D eigenvalue weighted by atomic mass is 10.6. The molecule has 0 unspecified atom stereocenters. The van der Waals surface area contributed by atoms with Gasteiger partial charge in [-0.1, -0.05) is 7.43 Å². The number of carbonyl (C=O) groups excluding carboxylic acids is 1. The summed E-state index contributed by atoms with van der Waals surface area (Å²) in [5.74, 6) is 0.167. The second kappa shape index (κ2) is 38.4. The van der Waals surface area contributed by atoms with Gasteiger partial charge in [0.2, 0.25) is 0 Å². The normalized spacial score (nSPS) is 5.00. The number of rotatable bonds is 0. The van der Waals surface area contributed by atoms with Gasteiger partial charge in [0.25, 0.3) is 0 Å². The number of aliphatic hydroxyl groups is 2. The molecule has 0 aliphatic carbocycles. The van der Waals surface area contributed by atoms with Crippen molar-refractivity contribution in [2.45, 2.75) is 28.2 Å². The van der Waals surface area contributed by atoms with E-state index in [0.717, 1.165) is 7.11 Å². The second-order valence-electron chi connectivity index (χ2n) is 1.22. The molecule has 66 valence electrons. The van der Waals surface area contributed by atoms with E-state index < -0.39 is 0 Å². The van der Waals surface area contributed by atoms with Crippen LogP contribution < -0.4 is 0 Å². The van der Waals surface area contributed by atoms with Crippen molar-refractivity contribution in [3.05, 3.63) is 0 Å². The van der Waals surface area contributed by atoms with Gasteiger partial charge in [0.1, 0.15) is 5.78 Å². The maximum Gasteiger partial charge on any atom is 0.126 e. The third-order valence-electron chi connectivity index (χ3n) is 0. The van der Waals surface area contributed by atoms with E-state index in [4.69, 9.17) is 10.2 Å². The van der Waals surface area contributed by atoms with E-state index in [1.54, 1.807) is 6.92 Å². The molecule has 0 bridgehead atoms. The third kappa shape index (κ3) is 1960. The highest BCUT2D eigenvalue weighted by Gasteiger charge is 1.62. The molecule has 0 saturated carbocycles. The number of hydrogen-bond donors (Lipinski definition) is 2. The maximum atomic E-state index is 9.44. The molecule has 0 aromatic carbocycles. The van der Waals surface area contributed by atoms with Crippen molar-refractivity contribution in [2.24, 2.45) is 0 Å². The van der Waals surface area contributed by atoms with Crippen molar-refractivity contribution in [1.82, 2.24) is 0 Å². The van der Waals surface area contributed by atoms with E-state index in [1.165, 1.54) is 13.8 Å². The topological polar surface area (TPSA) is 57.5 Å². The fraction of sp³-hybridized carbons (Fsp3) is 0.857. The van der Waals surface area contributed by atoms with E-state index in [9.17, 15) is 4.79 Å². The summed E-state index contributed by atoms with van der Waals surface area (Å²) in [6, 6.07) is 0. The Morgan fingerprint density at radius 3 is 1.30 bits per heavy atom. The van der Waals surface area contributed by atoms with Crippen molar-refractivity contribution in [1.29, 1.82) is 0 Å². The predicted molar refractivity (Wildman–Crippen MR) is 44.0 cm³/mol. The quantitative estimate of drug-likeness (QED) is 0.540. The van der Waals surface area contributed by atoms with Crippen LogP contribution in [0.3, 0.4) is 0 Å². The zero-order valence-corrected chi connectivity index (χ0v) is 6.51. The molecular weight excluding hydrogens is 132 g/mol. The zero-order chi connectivity index (χ0) is 8.28. The van der Waals surface area contributed by atoms with Gasteiger partial charge < -0.3 is 15.0 Å². The second-order valence-corrected chi connectivity index (χ2v) is 1.22. The third-order valence-corrected chi connectivity index (χ3v) is 0. The monoisotopic (exact) mass is 152 g/mol. The summed E-state index contributed by atoms with van der Waals surface area (Å²) in [4.78, 5) is 9.44. The molecule has 0 rings (SSSR count). The van der Waals surface area contributed by atoms with Gasteiger partial charge in [-0.15, -0.1) is 0 Å². The van der Waals surface area contributed by atoms with Crippen LogP contribution >= 0.6 is 0 Å². The molecule has 0 aromatic rings. The number of aliphatic hydroxyl groups excluding tert-OH is 2. The van der Waals surface area contributed by atoms with E-state index in [2.05, 4.69) is 0 Å². The minimum Gasteiger partial charge on any atom is -0.400 e. The first-order valence-electron chi connectivity index (χ1n) is 2.67. The van der Waals surface area contributed by atoms with Crippen LogP contribution in [-0.4, -0.2) is 29.7 Å². The molecule has 0 aromatic heterocycles. The first kappa shape index (κ1) is 22.6. The van der Waals surface area contributed by atoms with Crippen LogP contribution in [0.15, 0.2) is 0 Å². The van der Waals surface area contributed by atoms with E-state index >= 15 is 0 Å². The van der Waals surface area contributed by atoms with Gasteiger partial charge in [-0.05, 0) is 20.8 Å². The Kier molecular flexibility index (Phi) is 86.9. The Morgan fingerprint density at radius 1 is 1.30 bits per heavy atom. The largest absolute Gasteiger partial charge is 0.400 e. The molecule has 0 spiro atoms. The van der Waals surface area contributed by atoms with Crippen LogP contribution in [0.1, 0.15) is 28.2 Å². The average Bonchev–Trinajstić information content (AvgIpc) is 1.71. The fourth-order valence-electron chi connectivity index (χ4n) is 0. The highest BCUT2D eigenvalue weighted by Crippen LogP contribution is 1.50. The number of carbonyl (C=O) groups is 1. The van der Waals surface area contributed by atoms with E-state index in [-0.39, 0.29) is 19.8 Å². The molecular formula is C7H20O3. The van der Waals surface area contributed by atoms with Gasteiger partial charge in [-0.3, -0.25) is 0 Å². The molecule has 0 fully saturated rings. The first-order valence-corrected chi connectivity index (χ1v) is 2.67. The van der Waals surface area contributed by atoms with Crippen LogP contribution in [0.4, 0.5) is 0 Å². The summed E-state index contributed by atoms with van der Waals surface area (Å²) in [5.41, 5.74) is 0. The Balaban J connectivity index is -0.0000000273. The fourth-order valence-corrected chi connectivity index (χ4v) is 0. The number of ketones is 1. The molecule has 0 radical (unpaired) electrons. The number of hydrogen-bond acceptors (Lipinski definition) is 3. The standard InChI is InChI=1S/C3H6O.C2H6O.CH4O.CH4/c1-3(2)4;1-2-3;1-2;/h1-2H3;3H,2H2,1H3;2H,1H3;1H4. The Hall–Kier alpha value is -0.410. The molecule has 0 atom stereocenters. The van der Waals surface area contributed by atoms with Crippen molar-refractivity contribution >= 4 is 5.78 Å². The number of Topliss-reactive ketones (excluding diaryl/α,β-unsaturated/α-hetero) is 1. The lowest BCUT2D eigenvalue weighted by Crippen LogP contribution is -1.69. The predicted octanol–water partition coefficient (Wildman–Crippen LogP) is 0.839. The minimum absolute atomic E-state index is 0. The molecule has 3 nitrogen and oxygen atoms in total. The van der Waals surface area contributed by atoms with Crippen LogP contribution in [0.25, 0.3) is 0 Å². The van der Waals surface area contributed by atoms with Crippen molar-refractivity contribution in [3.63, 3.8) is 0 Å². The van der Waals surface area contributed by atoms with Crippen LogP contribution in [0, 0.1) is 0 Å². The molecule has 10 heavy (non-hydrogen) atoms. The molecule has 0 amide bonds. The average molecular weight is 152 g/mol. The van der Waals surface area contributed by atoms with Gasteiger partial charge in [-0.25, -0.2) is 0 Å². The minimum atomic E-state index is 0. The first-order chi connectivity index (χ1) is 4.15. The summed E-state index contributed by atoms with van der Waals surface area (Å²) in [5, 5.41) is 14.6. The molecule has 0 aliphatic heterocycles. The molecule has 0 heterocycles. The van der Waals surface area contributed by atoms with Crippen molar-refractivity contribution in [3.8, 4) is 0 Å². The smallest absolute Gasteiger partial charge is 0.126 e. The SMILES string of the molecule is C.CC(C)=O.CCO.CO. The van der Waals surface area contributed by atoms with Crippen molar-refractivity contribution < 1.29 is 15.0 Å². The summed E-state index contributed by atoms with van der Waals surface area (Å²) in [6.45, 7) is 4.99. The van der Waals surface area contributed by atoms with E-state index in [0.29, 0.717) is 0 Å². The van der Waals surface area contributed by atoms with E-state index in [1.807, 2.05) is 0 Å². The Bertz CT molecular complexity index is 40.1. The van der Waals surface area contributed by atoms with Crippen LogP contribution in [0.5, 0.6) is 0 Å². The highest BCUT2D eigenvalue weighted by atomic mass is 16.2. The van der Waals surface area contributed by atoms with Gasteiger partial charge in [-0.2, -0.15) is 0 Å². The summed E-state index contributed by atoms with van der Waals surface area (Å²) in [7, 11) is 1.00. The maximum absolute atomic E-state index is 9.44. The Morgan fingerprint density at radius 2 is 1.30 bits per heavy atom. The van der Waals surface area contributed by atoms with Gasteiger partial charge in [0, 0.05) is 13.7 Å². The highest BCUT2D eigenvalue weighted by molar-refractivity contribution is 5.72. The van der Waals surface area contributed by atoms with Crippen molar-refractivity contribution in [2.75, 3.05) is 13.7 Å². The molecule has 0 aliphatic rings. The Labute approximate surface area is 63.7 Å². The van der Waals surface area contributed by atoms with Crippen LogP contribution in [-0.2, 0) is 4.79 Å². The van der Waals surface area contributed by atoms with Gasteiger partial charge >= 0.3 is 0 Å². The molecule has 3 heteroatoms. The van der Waals surface area contributed by atoms with Gasteiger partial charge in [0.15, 0.2) is 0 Å². The lowest BCUT2D eigenvalue weighted by molar-refractivity contribution is -0.114. The zero-order valence-electron chi connectivity index (χ0n) is 6.51. The van der Waals surface area contributed by atoms with Crippen LogP contribution in [0.2, 0.25) is 0 Å².